The molecule has 4 rings (SSSR count). The lowest BCUT2D eigenvalue weighted by molar-refractivity contribution is 0.0950. The maximum Gasteiger partial charge on any atom is 0.289 e. The van der Waals surface area contributed by atoms with E-state index in [9.17, 15) is 4.79 Å². The molecule has 0 saturated heterocycles. The zero-order chi connectivity index (χ0) is 17.2. The number of para-hydroxylation sites is 1. The number of hydrogen-bond donors (Lipinski definition) is 1. The standard InChI is InChI=1S/C18H12BrN3O3/c19-13-8-17-16(24-10-25-17)7-12(13)9-20-22-18(23)15-6-5-11-3-1-2-4-14(11)21-15/h1-9H,10H2,(H,22,23). The van der Waals surface area contributed by atoms with E-state index in [1.54, 1.807) is 18.2 Å². The van der Waals surface area contributed by atoms with Crippen LogP contribution >= 0.6 is 15.9 Å². The largest absolute Gasteiger partial charge is 0.454 e. The molecule has 7 heteroatoms. The molecule has 25 heavy (non-hydrogen) atoms. The smallest absolute Gasteiger partial charge is 0.289 e. The van der Waals surface area contributed by atoms with E-state index >= 15 is 0 Å². The lowest BCUT2D eigenvalue weighted by atomic mass is 10.2. The van der Waals surface area contributed by atoms with E-state index in [0.29, 0.717) is 17.2 Å². The van der Waals surface area contributed by atoms with Crippen LogP contribution in [0.1, 0.15) is 16.1 Å². The topological polar surface area (TPSA) is 72.8 Å². The van der Waals surface area contributed by atoms with Crippen LogP contribution in [0.25, 0.3) is 10.9 Å². The molecule has 0 radical (unpaired) electrons. The number of carbonyl (C=O) groups is 1. The normalized spacial score (nSPS) is 12.7. The second-order valence-corrected chi connectivity index (χ2v) is 6.17. The van der Waals surface area contributed by atoms with Crippen LogP contribution in [0.2, 0.25) is 0 Å². The first kappa shape index (κ1) is 15.6. The molecular formula is C18H12BrN3O3. The Balaban J connectivity index is 1.50. The van der Waals surface area contributed by atoms with Crippen LogP contribution in [0.15, 0.2) is 58.1 Å². The van der Waals surface area contributed by atoms with E-state index in [1.165, 1.54) is 6.21 Å². The molecular weight excluding hydrogens is 386 g/mol. The molecule has 0 fully saturated rings. The van der Waals surface area contributed by atoms with Crippen LogP contribution in [0.4, 0.5) is 0 Å². The van der Waals surface area contributed by atoms with E-state index in [1.807, 2.05) is 30.3 Å². The van der Waals surface area contributed by atoms with Crippen molar-refractivity contribution < 1.29 is 14.3 Å². The van der Waals surface area contributed by atoms with Crippen LogP contribution in [-0.4, -0.2) is 23.9 Å². The molecule has 1 aliphatic heterocycles. The number of halogens is 1. The Morgan fingerprint density at radius 1 is 1.16 bits per heavy atom. The SMILES string of the molecule is O=C(NN=Cc1cc2c(cc1Br)OCO2)c1ccc2ccccc2n1. The first-order valence-corrected chi connectivity index (χ1v) is 8.28. The Labute approximate surface area is 151 Å². The molecule has 2 aromatic carbocycles. The van der Waals surface area contributed by atoms with Crippen molar-refractivity contribution in [2.75, 3.05) is 6.79 Å². The zero-order valence-corrected chi connectivity index (χ0v) is 14.5. The molecule has 0 spiro atoms. The summed E-state index contributed by atoms with van der Waals surface area (Å²) >= 11 is 3.44. The Morgan fingerprint density at radius 2 is 1.96 bits per heavy atom. The van der Waals surface area contributed by atoms with Crippen molar-refractivity contribution in [3.63, 3.8) is 0 Å². The van der Waals surface area contributed by atoms with Crippen LogP contribution in [0, 0.1) is 0 Å². The first-order valence-electron chi connectivity index (χ1n) is 7.49. The molecule has 0 saturated carbocycles. The van der Waals surface area contributed by atoms with Gasteiger partial charge < -0.3 is 9.47 Å². The number of benzene rings is 2. The van der Waals surface area contributed by atoms with E-state index in [0.717, 1.165) is 20.9 Å². The summed E-state index contributed by atoms with van der Waals surface area (Å²) in [6.45, 7) is 0.201. The number of hydrazone groups is 1. The summed E-state index contributed by atoms with van der Waals surface area (Å²) in [5.41, 5.74) is 4.31. The summed E-state index contributed by atoms with van der Waals surface area (Å²) < 4.78 is 11.4. The molecule has 1 amide bonds. The zero-order valence-electron chi connectivity index (χ0n) is 12.9. The Morgan fingerprint density at radius 3 is 2.84 bits per heavy atom. The Hall–Kier alpha value is -2.93. The third-order valence-corrected chi connectivity index (χ3v) is 4.38. The minimum absolute atomic E-state index is 0.201. The summed E-state index contributed by atoms with van der Waals surface area (Å²) in [6, 6.07) is 14.7. The van der Waals surface area contributed by atoms with Gasteiger partial charge in [0.2, 0.25) is 6.79 Å². The molecule has 6 nitrogen and oxygen atoms in total. The van der Waals surface area contributed by atoms with Crippen LogP contribution in [0.5, 0.6) is 11.5 Å². The number of carbonyl (C=O) groups excluding carboxylic acids is 1. The summed E-state index contributed by atoms with van der Waals surface area (Å²) in [7, 11) is 0. The number of fused-ring (bicyclic) bond motifs is 2. The van der Waals surface area contributed by atoms with Gasteiger partial charge in [0.15, 0.2) is 11.5 Å². The molecule has 0 atom stereocenters. The number of nitrogens with one attached hydrogen (secondary N) is 1. The van der Waals surface area contributed by atoms with Gasteiger partial charge in [-0.15, -0.1) is 0 Å². The predicted octanol–water partition coefficient (Wildman–Crippen LogP) is 3.49. The Bertz CT molecular complexity index is 1000. The van der Waals surface area contributed by atoms with E-state index in [-0.39, 0.29) is 12.7 Å². The second-order valence-electron chi connectivity index (χ2n) is 5.32. The van der Waals surface area contributed by atoms with Gasteiger partial charge in [0.25, 0.3) is 5.91 Å². The van der Waals surface area contributed by atoms with E-state index in [4.69, 9.17) is 9.47 Å². The lowest BCUT2D eigenvalue weighted by Gasteiger charge is -2.03. The molecule has 0 unspecified atom stereocenters. The highest BCUT2D eigenvalue weighted by Gasteiger charge is 2.15. The van der Waals surface area contributed by atoms with E-state index < -0.39 is 0 Å². The summed E-state index contributed by atoms with van der Waals surface area (Å²) in [5.74, 6) is 0.944. The van der Waals surface area contributed by atoms with Gasteiger partial charge in [-0.05, 0) is 40.2 Å². The maximum atomic E-state index is 12.2. The van der Waals surface area contributed by atoms with Gasteiger partial charge >= 0.3 is 0 Å². The molecule has 0 bridgehead atoms. The number of nitrogens with zero attached hydrogens (tertiary/aromatic N) is 2. The summed E-state index contributed by atoms with van der Waals surface area (Å²) in [5, 5.41) is 4.97. The van der Waals surface area contributed by atoms with Gasteiger partial charge in [-0.25, -0.2) is 10.4 Å². The van der Waals surface area contributed by atoms with Gasteiger partial charge in [-0.1, -0.05) is 24.3 Å². The minimum atomic E-state index is -0.376. The second kappa shape index (κ2) is 6.52. The van der Waals surface area contributed by atoms with Crippen LogP contribution < -0.4 is 14.9 Å². The fraction of sp³-hybridized carbons (Fsp3) is 0.0556. The molecule has 1 aliphatic rings. The molecule has 1 N–H and O–H groups in total. The molecule has 1 aromatic heterocycles. The maximum absolute atomic E-state index is 12.2. The quantitative estimate of drug-likeness (QED) is 0.542. The number of hydrogen-bond acceptors (Lipinski definition) is 5. The Kier molecular flexibility index (Phi) is 4.07. The van der Waals surface area contributed by atoms with Crippen LogP contribution in [-0.2, 0) is 0 Å². The average molecular weight is 398 g/mol. The molecule has 2 heterocycles. The number of amides is 1. The first-order chi connectivity index (χ1) is 12.2. The van der Waals surface area contributed by atoms with Crippen LogP contribution in [0.3, 0.4) is 0 Å². The van der Waals surface area contributed by atoms with Crippen molar-refractivity contribution in [3.8, 4) is 11.5 Å². The summed E-state index contributed by atoms with van der Waals surface area (Å²) in [6.07, 6.45) is 1.53. The van der Waals surface area contributed by atoms with Gasteiger partial charge in [-0.2, -0.15) is 5.10 Å². The fourth-order valence-electron chi connectivity index (χ4n) is 2.44. The van der Waals surface area contributed by atoms with Gasteiger partial charge in [0.05, 0.1) is 11.7 Å². The number of aromatic nitrogens is 1. The van der Waals surface area contributed by atoms with Crippen molar-refractivity contribution in [1.82, 2.24) is 10.4 Å². The average Bonchev–Trinajstić information content (AvgIpc) is 3.08. The minimum Gasteiger partial charge on any atom is -0.454 e. The molecule has 0 aliphatic carbocycles. The summed E-state index contributed by atoms with van der Waals surface area (Å²) in [4.78, 5) is 16.5. The highest BCUT2D eigenvalue weighted by Crippen LogP contribution is 2.36. The number of ether oxygens (including phenoxy) is 2. The third-order valence-electron chi connectivity index (χ3n) is 3.69. The molecule has 3 aromatic rings. The van der Waals surface area contributed by atoms with E-state index in [2.05, 4.69) is 31.4 Å². The van der Waals surface area contributed by atoms with Crippen molar-refractivity contribution in [2.45, 2.75) is 0 Å². The number of rotatable bonds is 3. The predicted molar refractivity (Wildman–Crippen MR) is 97.1 cm³/mol. The van der Waals surface area contributed by atoms with Gasteiger partial charge in [-0.3, -0.25) is 4.79 Å². The highest BCUT2D eigenvalue weighted by atomic mass is 79.9. The van der Waals surface area contributed by atoms with Gasteiger partial charge in [0, 0.05) is 15.4 Å². The third kappa shape index (κ3) is 3.18. The van der Waals surface area contributed by atoms with Crippen molar-refractivity contribution in [1.29, 1.82) is 0 Å². The van der Waals surface area contributed by atoms with Gasteiger partial charge in [0.1, 0.15) is 5.69 Å². The van der Waals surface area contributed by atoms with Crippen molar-refractivity contribution >= 4 is 39.0 Å². The monoisotopic (exact) mass is 397 g/mol. The number of pyridine rings is 1. The molecule has 124 valence electrons. The fourth-order valence-corrected chi connectivity index (χ4v) is 2.87. The lowest BCUT2D eigenvalue weighted by Crippen LogP contribution is -2.19. The highest BCUT2D eigenvalue weighted by molar-refractivity contribution is 9.10. The van der Waals surface area contributed by atoms with Crippen molar-refractivity contribution in [3.05, 3.63) is 64.3 Å². The van der Waals surface area contributed by atoms with Crippen molar-refractivity contribution in [2.24, 2.45) is 5.10 Å².